The molecule has 1 heterocycles. The number of guanidine groups is 1. The zero-order valence-corrected chi connectivity index (χ0v) is 17.8. The second kappa shape index (κ2) is 10.3. The van der Waals surface area contributed by atoms with Gasteiger partial charge in [0.25, 0.3) is 0 Å². The summed E-state index contributed by atoms with van der Waals surface area (Å²) < 4.78 is 11.2. The van der Waals surface area contributed by atoms with Crippen LogP contribution in [0.1, 0.15) is 36.5 Å². The summed E-state index contributed by atoms with van der Waals surface area (Å²) >= 11 is 0. The van der Waals surface area contributed by atoms with Crippen molar-refractivity contribution >= 4 is 5.96 Å². The van der Waals surface area contributed by atoms with Gasteiger partial charge in [0.1, 0.15) is 5.75 Å². The fraction of sp³-hybridized carbons (Fsp3) is 0.458. The zero-order valence-electron chi connectivity index (χ0n) is 17.8. The topological polar surface area (TPSA) is 54.9 Å². The Morgan fingerprint density at radius 2 is 1.86 bits per heavy atom. The second-order valence-electron chi connectivity index (χ2n) is 7.62. The van der Waals surface area contributed by atoms with E-state index in [1.807, 2.05) is 0 Å². The number of rotatable bonds is 7. The first-order valence-corrected chi connectivity index (χ1v) is 10.5. The van der Waals surface area contributed by atoms with Crippen LogP contribution in [0, 0.1) is 6.92 Å². The van der Waals surface area contributed by atoms with Crippen molar-refractivity contribution in [2.75, 3.05) is 33.4 Å². The van der Waals surface area contributed by atoms with Crippen LogP contribution in [0.5, 0.6) is 5.75 Å². The predicted octanol–water partition coefficient (Wildman–Crippen LogP) is 3.81. The molecule has 0 aromatic heterocycles. The summed E-state index contributed by atoms with van der Waals surface area (Å²) in [6.07, 6.45) is 2.02. The molecule has 1 saturated heterocycles. The van der Waals surface area contributed by atoms with Gasteiger partial charge >= 0.3 is 0 Å². The molecule has 0 spiro atoms. The third-order valence-electron chi connectivity index (χ3n) is 5.62. The molecule has 0 bridgehead atoms. The lowest BCUT2D eigenvalue weighted by Crippen LogP contribution is -2.48. The fourth-order valence-electron chi connectivity index (χ4n) is 3.86. The Kier molecular flexibility index (Phi) is 7.53. The zero-order chi connectivity index (χ0) is 20.5. The van der Waals surface area contributed by atoms with Crippen LogP contribution in [0.4, 0.5) is 0 Å². The van der Waals surface area contributed by atoms with E-state index in [1.54, 1.807) is 7.11 Å². The first-order chi connectivity index (χ1) is 14.2. The minimum Gasteiger partial charge on any atom is -0.496 e. The maximum absolute atomic E-state index is 5.65. The molecule has 1 aliphatic rings. The Morgan fingerprint density at radius 3 is 2.55 bits per heavy atom. The highest BCUT2D eigenvalue weighted by atomic mass is 16.5. The first kappa shape index (κ1) is 21.2. The predicted molar refractivity (Wildman–Crippen MR) is 119 cm³/mol. The molecule has 2 N–H and O–H groups in total. The van der Waals surface area contributed by atoms with E-state index in [4.69, 9.17) is 14.5 Å². The second-order valence-corrected chi connectivity index (χ2v) is 7.62. The lowest BCUT2D eigenvalue weighted by atomic mass is 9.74. The monoisotopic (exact) mass is 395 g/mol. The number of nitrogens with one attached hydrogen (secondary N) is 2. The lowest BCUT2D eigenvalue weighted by molar-refractivity contribution is 0.0514. The molecule has 5 heteroatoms. The number of benzene rings is 2. The molecule has 3 rings (SSSR count). The average Bonchev–Trinajstić information content (AvgIpc) is 2.77. The average molecular weight is 396 g/mol. The molecule has 2 aromatic carbocycles. The van der Waals surface area contributed by atoms with E-state index in [0.717, 1.165) is 56.4 Å². The molecular weight excluding hydrogens is 362 g/mol. The molecule has 0 unspecified atom stereocenters. The van der Waals surface area contributed by atoms with Gasteiger partial charge in [-0.1, -0.05) is 42.5 Å². The maximum atomic E-state index is 5.65. The van der Waals surface area contributed by atoms with Crippen molar-refractivity contribution in [3.63, 3.8) is 0 Å². The SMILES string of the molecule is CCNC(=NCc1ccc(C)cc1OC)NCC1(c2ccccc2)CCOCC1. The van der Waals surface area contributed by atoms with Crippen molar-refractivity contribution < 1.29 is 9.47 Å². The van der Waals surface area contributed by atoms with E-state index in [-0.39, 0.29) is 5.41 Å². The summed E-state index contributed by atoms with van der Waals surface area (Å²) in [6.45, 7) is 7.97. The van der Waals surface area contributed by atoms with Crippen LogP contribution in [0.15, 0.2) is 53.5 Å². The van der Waals surface area contributed by atoms with Crippen molar-refractivity contribution in [1.82, 2.24) is 10.6 Å². The van der Waals surface area contributed by atoms with Gasteiger partial charge in [0.05, 0.1) is 13.7 Å². The van der Waals surface area contributed by atoms with Gasteiger partial charge in [0, 0.05) is 37.3 Å². The van der Waals surface area contributed by atoms with Crippen LogP contribution in [0.2, 0.25) is 0 Å². The minimum atomic E-state index is 0.0667. The molecule has 2 aromatic rings. The van der Waals surface area contributed by atoms with Crippen LogP contribution in [-0.2, 0) is 16.7 Å². The summed E-state index contributed by atoms with van der Waals surface area (Å²) in [7, 11) is 1.71. The highest BCUT2D eigenvalue weighted by Gasteiger charge is 2.34. The van der Waals surface area contributed by atoms with Gasteiger partial charge in [0.15, 0.2) is 5.96 Å². The van der Waals surface area contributed by atoms with Gasteiger partial charge in [-0.05, 0) is 43.9 Å². The van der Waals surface area contributed by atoms with Crippen LogP contribution in [0.25, 0.3) is 0 Å². The third-order valence-corrected chi connectivity index (χ3v) is 5.62. The number of nitrogens with zero attached hydrogens (tertiary/aromatic N) is 1. The molecule has 0 aliphatic carbocycles. The van der Waals surface area contributed by atoms with Crippen LogP contribution < -0.4 is 15.4 Å². The normalized spacial score (nSPS) is 16.3. The summed E-state index contributed by atoms with van der Waals surface area (Å²) in [5.74, 6) is 1.71. The van der Waals surface area contributed by atoms with E-state index in [0.29, 0.717) is 6.54 Å². The van der Waals surface area contributed by atoms with E-state index in [2.05, 4.69) is 73.0 Å². The summed E-state index contributed by atoms with van der Waals surface area (Å²) in [6, 6.07) is 17.0. The molecule has 5 nitrogen and oxygen atoms in total. The molecule has 0 amide bonds. The van der Waals surface area contributed by atoms with Gasteiger partial charge in [-0.15, -0.1) is 0 Å². The van der Waals surface area contributed by atoms with Crippen molar-refractivity contribution in [1.29, 1.82) is 0 Å². The van der Waals surface area contributed by atoms with Crippen LogP contribution in [0.3, 0.4) is 0 Å². The molecule has 0 atom stereocenters. The summed E-state index contributed by atoms with van der Waals surface area (Å²) in [5.41, 5.74) is 3.70. The van der Waals surface area contributed by atoms with Gasteiger partial charge < -0.3 is 20.1 Å². The lowest BCUT2D eigenvalue weighted by Gasteiger charge is -2.38. The smallest absolute Gasteiger partial charge is 0.191 e. The Bertz CT molecular complexity index is 799. The Morgan fingerprint density at radius 1 is 1.10 bits per heavy atom. The largest absolute Gasteiger partial charge is 0.496 e. The fourth-order valence-corrected chi connectivity index (χ4v) is 3.86. The van der Waals surface area contributed by atoms with Crippen molar-refractivity contribution in [3.8, 4) is 5.75 Å². The number of aryl methyl sites for hydroxylation is 1. The minimum absolute atomic E-state index is 0.0667. The van der Waals surface area contributed by atoms with Crippen LogP contribution >= 0.6 is 0 Å². The number of methoxy groups -OCH3 is 1. The third kappa shape index (κ3) is 5.51. The molecule has 156 valence electrons. The van der Waals surface area contributed by atoms with Crippen molar-refractivity contribution in [3.05, 3.63) is 65.2 Å². The molecule has 1 fully saturated rings. The van der Waals surface area contributed by atoms with Crippen LogP contribution in [-0.4, -0.2) is 39.4 Å². The highest BCUT2D eigenvalue weighted by molar-refractivity contribution is 5.80. The Labute approximate surface area is 174 Å². The summed E-state index contributed by atoms with van der Waals surface area (Å²) in [5, 5.41) is 6.97. The van der Waals surface area contributed by atoms with E-state index in [9.17, 15) is 0 Å². The van der Waals surface area contributed by atoms with Gasteiger partial charge in [-0.2, -0.15) is 0 Å². The number of hydrogen-bond acceptors (Lipinski definition) is 3. The quantitative estimate of drug-likeness (QED) is 0.553. The molecule has 0 radical (unpaired) electrons. The first-order valence-electron chi connectivity index (χ1n) is 10.5. The van der Waals surface area contributed by atoms with Gasteiger partial charge in [-0.25, -0.2) is 4.99 Å². The molecule has 29 heavy (non-hydrogen) atoms. The van der Waals surface area contributed by atoms with Gasteiger partial charge in [0.2, 0.25) is 0 Å². The van der Waals surface area contributed by atoms with Gasteiger partial charge in [-0.3, -0.25) is 0 Å². The number of ether oxygens (including phenoxy) is 2. The Hall–Kier alpha value is -2.53. The van der Waals surface area contributed by atoms with E-state index >= 15 is 0 Å². The van der Waals surface area contributed by atoms with Crippen molar-refractivity contribution in [2.45, 2.75) is 38.6 Å². The summed E-state index contributed by atoms with van der Waals surface area (Å²) in [4.78, 5) is 4.81. The highest BCUT2D eigenvalue weighted by Crippen LogP contribution is 2.34. The maximum Gasteiger partial charge on any atom is 0.191 e. The van der Waals surface area contributed by atoms with Crippen molar-refractivity contribution in [2.24, 2.45) is 4.99 Å². The van der Waals surface area contributed by atoms with E-state index < -0.39 is 0 Å². The number of hydrogen-bond donors (Lipinski definition) is 2. The molecular formula is C24H33N3O2. The standard InChI is InChI=1S/C24H33N3O2/c1-4-25-23(26-17-20-11-10-19(2)16-22(20)28-3)27-18-24(12-14-29-15-13-24)21-8-6-5-7-9-21/h5-11,16H,4,12-15,17-18H2,1-3H3,(H2,25,26,27). The Balaban J connectivity index is 1.74. The molecule has 1 aliphatic heterocycles. The van der Waals surface area contributed by atoms with E-state index in [1.165, 1.54) is 11.1 Å². The molecule has 0 saturated carbocycles. The number of aliphatic imine (C=N–C) groups is 1.